The summed E-state index contributed by atoms with van der Waals surface area (Å²) in [6.07, 6.45) is 3.05. The van der Waals surface area contributed by atoms with Crippen LogP contribution in [-0.4, -0.2) is 18.9 Å². The summed E-state index contributed by atoms with van der Waals surface area (Å²) in [5.41, 5.74) is 2.05. The maximum atomic E-state index is 11.7. The van der Waals surface area contributed by atoms with Gasteiger partial charge < -0.3 is 5.32 Å². The number of benzene rings is 1. The highest BCUT2D eigenvalue weighted by molar-refractivity contribution is 6.31. The fourth-order valence-corrected chi connectivity index (χ4v) is 2.11. The van der Waals surface area contributed by atoms with E-state index in [-0.39, 0.29) is 5.78 Å². The predicted octanol–water partition coefficient (Wildman–Crippen LogP) is 2.76. The summed E-state index contributed by atoms with van der Waals surface area (Å²) in [6.45, 7) is 3.43. The van der Waals surface area contributed by atoms with Crippen LogP contribution in [0.4, 0.5) is 0 Å². The lowest BCUT2D eigenvalue weighted by Gasteiger charge is -2.06. The Morgan fingerprint density at radius 2 is 2.24 bits per heavy atom. The first kappa shape index (κ1) is 12.6. The third-order valence-corrected chi connectivity index (χ3v) is 3.40. The Morgan fingerprint density at radius 1 is 1.47 bits per heavy atom. The number of carbonyl (C=O) groups excluding carboxylic acids is 1. The molecule has 1 aliphatic carbocycles. The van der Waals surface area contributed by atoms with Gasteiger partial charge in [0.2, 0.25) is 0 Å². The molecule has 2 nitrogen and oxygen atoms in total. The second kappa shape index (κ2) is 5.65. The first-order chi connectivity index (χ1) is 8.15. The van der Waals surface area contributed by atoms with Gasteiger partial charge in [0, 0.05) is 11.4 Å². The summed E-state index contributed by atoms with van der Waals surface area (Å²) in [4.78, 5) is 11.7. The van der Waals surface area contributed by atoms with Crippen molar-refractivity contribution in [2.24, 2.45) is 5.92 Å². The normalized spacial score (nSPS) is 14.9. The van der Waals surface area contributed by atoms with Crippen molar-refractivity contribution in [1.82, 2.24) is 5.32 Å². The molecule has 92 valence electrons. The molecule has 1 fully saturated rings. The van der Waals surface area contributed by atoms with Crippen LogP contribution < -0.4 is 5.32 Å². The summed E-state index contributed by atoms with van der Waals surface area (Å²) in [7, 11) is 0. The highest BCUT2D eigenvalue weighted by Crippen LogP contribution is 2.27. The largest absolute Gasteiger partial charge is 0.310 e. The number of hydrogen-bond acceptors (Lipinski definition) is 2. The SMILES string of the molecule is Cc1ccc(CC(=O)CNCC2CC2)c(Cl)c1. The van der Waals surface area contributed by atoms with Crippen LogP contribution in [0.15, 0.2) is 18.2 Å². The van der Waals surface area contributed by atoms with Crippen molar-refractivity contribution < 1.29 is 4.79 Å². The van der Waals surface area contributed by atoms with Crippen LogP contribution in [0, 0.1) is 12.8 Å². The molecule has 1 aromatic rings. The Morgan fingerprint density at radius 3 is 2.88 bits per heavy atom. The van der Waals surface area contributed by atoms with Crippen LogP contribution in [0.1, 0.15) is 24.0 Å². The van der Waals surface area contributed by atoms with E-state index in [1.54, 1.807) is 0 Å². The fraction of sp³-hybridized carbons (Fsp3) is 0.500. The van der Waals surface area contributed by atoms with E-state index in [1.807, 2.05) is 25.1 Å². The summed E-state index contributed by atoms with van der Waals surface area (Å²) in [5.74, 6) is 1.02. The molecule has 1 aliphatic rings. The molecule has 1 N–H and O–H groups in total. The van der Waals surface area contributed by atoms with Gasteiger partial charge in [-0.2, -0.15) is 0 Å². The lowest BCUT2D eigenvalue weighted by Crippen LogP contribution is -2.26. The van der Waals surface area contributed by atoms with Crippen molar-refractivity contribution >= 4 is 17.4 Å². The molecule has 1 saturated carbocycles. The van der Waals surface area contributed by atoms with Crippen molar-refractivity contribution in [2.45, 2.75) is 26.2 Å². The van der Waals surface area contributed by atoms with Crippen LogP contribution in [0.25, 0.3) is 0 Å². The molecule has 0 amide bonds. The minimum atomic E-state index is 0.205. The predicted molar refractivity (Wildman–Crippen MR) is 70.5 cm³/mol. The second-order valence-electron chi connectivity index (χ2n) is 4.88. The van der Waals surface area contributed by atoms with Crippen LogP contribution in [0.2, 0.25) is 5.02 Å². The third kappa shape index (κ3) is 4.14. The number of rotatable bonds is 6. The fourth-order valence-electron chi connectivity index (χ4n) is 1.81. The Balaban J connectivity index is 1.79. The molecule has 0 atom stereocenters. The molecule has 1 aromatic carbocycles. The number of Topliss-reactive ketones (excluding diaryl/α,β-unsaturated/α-hetero) is 1. The van der Waals surface area contributed by atoms with Gasteiger partial charge in [-0.1, -0.05) is 23.7 Å². The van der Waals surface area contributed by atoms with E-state index in [0.29, 0.717) is 18.0 Å². The molecule has 0 heterocycles. The number of aryl methyl sites for hydroxylation is 1. The summed E-state index contributed by atoms with van der Waals surface area (Å²) in [5, 5.41) is 3.90. The second-order valence-corrected chi connectivity index (χ2v) is 5.29. The summed E-state index contributed by atoms with van der Waals surface area (Å²) in [6, 6.07) is 5.84. The highest BCUT2D eigenvalue weighted by atomic mass is 35.5. The lowest BCUT2D eigenvalue weighted by atomic mass is 10.1. The zero-order valence-electron chi connectivity index (χ0n) is 10.1. The average molecular weight is 252 g/mol. The Hall–Kier alpha value is -0.860. The monoisotopic (exact) mass is 251 g/mol. The molecule has 0 aliphatic heterocycles. The van der Waals surface area contributed by atoms with E-state index in [4.69, 9.17) is 11.6 Å². The van der Waals surface area contributed by atoms with Crippen LogP contribution >= 0.6 is 11.6 Å². The summed E-state index contributed by atoms with van der Waals surface area (Å²) >= 11 is 6.10. The zero-order chi connectivity index (χ0) is 12.3. The van der Waals surface area contributed by atoms with Gasteiger partial charge in [-0.25, -0.2) is 0 Å². The molecule has 0 spiro atoms. The van der Waals surface area contributed by atoms with Gasteiger partial charge in [-0.3, -0.25) is 4.79 Å². The molecule has 0 radical (unpaired) electrons. The van der Waals surface area contributed by atoms with Gasteiger partial charge >= 0.3 is 0 Å². The molecule has 0 unspecified atom stereocenters. The Bertz CT molecular complexity index is 413. The van der Waals surface area contributed by atoms with Crippen LogP contribution in [0.3, 0.4) is 0 Å². The average Bonchev–Trinajstić information content (AvgIpc) is 3.06. The number of nitrogens with one attached hydrogen (secondary N) is 1. The molecule has 0 aromatic heterocycles. The van der Waals surface area contributed by atoms with Gasteiger partial charge in [-0.15, -0.1) is 0 Å². The molecule has 17 heavy (non-hydrogen) atoms. The first-order valence-corrected chi connectivity index (χ1v) is 6.50. The van der Waals surface area contributed by atoms with Gasteiger partial charge in [0.15, 0.2) is 5.78 Å². The van der Waals surface area contributed by atoms with Crippen molar-refractivity contribution in [2.75, 3.05) is 13.1 Å². The van der Waals surface area contributed by atoms with Gasteiger partial charge in [-0.05, 0) is 49.4 Å². The maximum Gasteiger partial charge on any atom is 0.151 e. The number of ketones is 1. The minimum Gasteiger partial charge on any atom is -0.310 e. The molecule has 3 heteroatoms. The standard InChI is InChI=1S/C14H18ClNO/c1-10-2-5-12(14(15)6-10)7-13(17)9-16-8-11-3-4-11/h2,5-6,11,16H,3-4,7-9H2,1H3. The zero-order valence-corrected chi connectivity index (χ0v) is 10.9. The smallest absolute Gasteiger partial charge is 0.151 e. The van der Waals surface area contributed by atoms with E-state index in [0.717, 1.165) is 23.6 Å². The maximum absolute atomic E-state index is 11.7. The van der Waals surface area contributed by atoms with Gasteiger partial charge in [0.05, 0.1) is 6.54 Å². The molecule has 2 rings (SSSR count). The van der Waals surface area contributed by atoms with E-state index < -0.39 is 0 Å². The highest BCUT2D eigenvalue weighted by Gasteiger charge is 2.20. The van der Waals surface area contributed by atoms with Gasteiger partial charge in [0.25, 0.3) is 0 Å². The molecular weight excluding hydrogens is 234 g/mol. The van der Waals surface area contributed by atoms with Crippen molar-refractivity contribution in [3.05, 3.63) is 34.3 Å². The number of carbonyl (C=O) groups is 1. The van der Waals surface area contributed by atoms with E-state index in [2.05, 4.69) is 5.32 Å². The van der Waals surface area contributed by atoms with Crippen molar-refractivity contribution in [1.29, 1.82) is 0 Å². The van der Waals surface area contributed by atoms with Gasteiger partial charge in [0.1, 0.15) is 0 Å². The first-order valence-electron chi connectivity index (χ1n) is 6.12. The van der Waals surface area contributed by atoms with Crippen LogP contribution in [0.5, 0.6) is 0 Å². The number of halogens is 1. The van der Waals surface area contributed by atoms with Crippen molar-refractivity contribution in [3.63, 3.8) is 0 Å². The van der Waals surface area contributed by atoms with E-state index in [1.165, 1.54) is 12.8 Å². The minimum absolute atomic E-state index is 0.205. The Labute approximate surface area is 107 Å². The molecular formula is C14H18ClNO. The molecule has 0 saturated heterocycles. The quantitative estimate of drug-likeness (QED) is 0.842. The summed E-state index contributed by atoms with van der Waals surface area (Å²) < 4.78 is 0. The van der Waals surface area contributed by atoms with Crippen molar-refractivity contribution in [3.8, 4) is 0 Å². The van der Waals surface area contributed by atoms with Crippen LogP contribution in [-0.2, 0) is 11.2 Å². The lowest BCUT2D eigenvalue weighted by molar-refractivity contribution is -0.117. The Kier molecular flexibility index (Phi) is 4.19. The third-order valence-electron chi connectivity index (χ3n) is 3.05. The topological polar surface area (TPSA) is 29.1 Å². The van der Waals surface area contributed by atoms with E-state index in [9.17, 15) is 4.79 Å². The molecule has 0 bridgehead atoms. The number of hydrogen-bond donors (Lipinski definition) is 1. The van der Waals surface area contributed by atoms with E-state index >= 15 is 0 Å².